The van der Waals surface area contributed by atoms with Gasteiger partial charge in [-0.25, -0.2) is 0 Å². The number of esters is 3. The molecule has 69 heavy (non-hydrogen) atoms. The van der Waals surface area contributed by atoms with Crippen molar-refractivity contribution in [2.24, 2.45) is 0 Å². The molecule has 0 radical (unpaired) electrons. The number of carbonyl (C=O) groups is 3. The van der Waals surface area contributed by atoms with Gasteiger partial charge in [-0.2, -0.15) is 0 Å². The summed E-state index contributed by atoms with van der Waals surface area (Å²) in [7, 11) is 0. The Kier molecular flexibility index (Phi) is 54.3. The lowest BCUT2D eigenvalue weighted by atomic mass is 10.1. The molecule has 0 saturated heterocycles. The van der Waals surface area contributed by atoms with E-state index >= 15 is 0 Å². The van der Waals surface area contributed by atoms with Gasteiger partial charge in [0.05, 0.1) is 0 Å². The highest BCUT2D eigenvalue weighted by atomic mass is 16.6. The van der Waals surface area contributed by atoms with E-state index in [-0.39, 0.29) is 31.1 Å². The summed E-state index contributed by atoms with van der Waals surface area (Å²) in [6.07, 6.45) is 74.3. The Labute approximate surface area is 426 Å². The number of hydrogen-bond acceptors (Lipinski definition) is 6. The molecule has 0 aliphatic carbocycles. The van der Waals surface area contributed by atoms with Crippen LogP contribution in [0.15, 0.2) is 85.1 Å². The fourth-order valence-corrected chi connectivity index (χ4v) is 8.03. The molecule has 0 aromatic carbocycles. The van der Waals surface area contributed by atoms with Crippen LogP contribution in [0.4, 0.5) is 0 Å². The van der Waals surface area contributed by atoms with Crippen LogP contribution < -0.4 is 0 Å². The zero-order chi connectivity index (χ0) is 50.0. The first-order valence-electron chi connectivity index (χ1n) is 29.1. The highest BCUT2D eigenvalue weighted by Gasteiger charge is 2.19. The Morgan fingerprint density at radius 3 is 0.913 bits per heavy atom. The molecule has 0 amide bonds. The summed E-state index contributed by atoms with van der Waals surface area (Å²) in [4.78, 5) is 38.1. The normalized spacial score (nSPS) is 12.7. The number of hydrogen-bond donors (Lipinski definition) is 0. The van der Waals surface area contributed by atoms with Crippen molar-refractivity contribution in [1.82, 2.24) is 0 Å². The van der Waals surface area contributed by atoms with Crippen LogP contribution in [-0.2, 0) is 28.6 Å². The molecule has 6 heteroatoms. The molecular weight excluding hydrogens is 853 g/mol. The van der Waals surface area contributed by atoms with Gasteiger partial charge in [-0.1, -0.05) is 247 Å². The first kappa shape index (κ1) is 65.6. The predicted molar refractivity (Wildman–Crippen MR) is 297 cm³/mol. The summed E-state index contributed by atoms with van der Waals surface area (Å²) < 4.78 is 16.8. The van der Waals surface area contributed by atoms with E-state index in [1.54, 1.807) is 0 Å². The minimum Gasteiger partial charge on any atom is -0.462 e. The quantitative estimate of drug-likeness (QED) is 0.0262. The van der Waals surface area contributed by atoms with Crippen LogP contribution in [0.3, 0.4) is 0 Å². The molecule has 0 saturated carbocycles. The number of ether oxygens (including phenoxy) is 3. The van der Waals surface area contributed by atoms with Crippen LogP contribution in [0.5, 0.6) is 0 Å². The maximum Gasteiger partial charge on any atom is 0.306 e. The Morgan fingerprint density at radius 2 is 0.565 bits per heavy atom. The molecule has 0 N–H and O–H groups in total. The molecule has 0 aliphatic heterocycles. The maximum absolute atomic E-state index is 12.8. The molecule has 0 aromatic heterocycles. The van der Waals surface area contributed by atoms with Crippen molar-refractivity contribution in [1.29, 1.82) is 0 Å². The fraction of sp³-hybridized carbons (Fsp3) is 0.730. The van der Waals surface area contributed by atoms with E-state index in [0.29, 0.717) is 19.3 Å². The van der Waals surface area contributed by atoms with E-state index < -0.39 is 6.10 Å². The van der Waals surface area contributed by atoms with Crippen LogP contribution in [-0.4, -0.2) is 37.2 Å². The Bertz CT molecular complexity index is 1330. The standard InChI is InChI=1S/C63H108O6/c1-4-7-10-13-16-19-21-23-25-27-29-30-31-32-34-35-37-39-41-44-47-50-53-56-62(65)68-59-60(58-67-61(64)55-52-49-46-43-18-15-12-9-6-3)69-63(66)57-54-51-48-45-42-40-38-36-33-28-26-24-22-20-17-14-11-8-5-2/h7,10,16-17,19-20,23-26,29-30,33,36,60H,4-6,8-9,11-15,18,21-22,27-28,31-32,34-35,37-59H2,1-3H3/b10-7-,19-16-,20-17-,25-23-,26-24-,30-29-,36-33-. The SMILES string of the molecule is CC/C=C\C/C=C\C/C=C\C/C=C\CCCCCCCCCCCCC(=O)OCC(COC(=O)CCCCCCCCCCC)OC(=O)CCCCCCCC/C=C\C/C=C\C/C=C\CCCCC. The minimum atomic E-state index is -0.783. The van der Waals surface area contributed by atoms with Gasteiger partial charge in [0.1, 0.15) is 13.2 Å². The summed E-state index contributed by atoms with van der Waals surface area (Å²) in [5.41, 5.74) is 0. The zero-order valence-corrected chi connectivity index (χ0v) is 45.3. The zero-order valence-electron chi connectivity index (χ0n) is 45.3. The molecule has 0 fully saturated rings. The molecule has 0 heterocycles. The van der Waals surface area contributed by atoms with Gasteiger partial charge < -0.3 is 14.2 Å². The summed E-state index contributed by atoms with van der Waals surface area (Å²) in [6, 6.07) is 0. The lowest BCUT2D eigenvalue weighted by Gasteiger charge is -2.18. The van der Waals surface area contributed by atoms with E-state index in [4.69, 9.17) is 14.2 Å². The van der Waals surface area contributed by atoms with Gasteiger partial charge in [-0.05, 0) is 96.3 Å². The van der Waals surface area contributed by atoms with Crippen LogP contribution in [0.2, 0.25) is 0 Å². The van der Waals surface area contributed by atoms with Gasteiger partial charge >= 0.3 is 17.9 Å². The van der Waals surface area contributed by atoms with Crippen molar-refractivity contribution in [2.45, 2.75) is 284 Å². The third kappa shape index (κ3) is 55.4. The Balaban J connectivity index is 4.29. The van der Waals surface area contributed by atoms with E-state index in [1.165, 1.54) is 128 Å². The molecule has 0 aromatic rings. The molecule has 1 unspecified atom stereocenters. The van der Waals surface area contributed by atoms with Gasteiger partial charge in [-0.15, -0.1) is 0 Å². The van der Waals surface area contributed by atoms with Gasteiger partial charge in [0.25, 0.3) is 0 Å². The average molecular weight is 962 g/mol. The van der Waals surface area contributed by atoms with Crippen LogP contribution in [0.25, 0.3) is 0 Å². The number of carbonyl (C=O) groups excluding carboxylic acids is 3. The number of rotatable bonds is 52. The summed E-state index contributed by atoms with van der Waals surface area (Å²) >= 11 is 0. The molecule has 0 bridgehead atoms. The summed E-state index contributed by atoms with van der Waals surface area (Å²) in [6.45, 7) is 6.48. The molecule has 1 atom stereocenters. The van der Waals surface area contributed by atoms with Crippen molar-refractivity contribution < 1.29 is 28.6 Å². The number of allylic oxidation sites excluding steroid dienone is 14. The molecule has 0 spiro atoms. The van der Waals surface area contributed by atoms with Crippen molar-refractivity contribution in [3.05, 3.63) is 85.1 Å². The van der Waals surface area contributed by atoms with Gasteiger partial charge in [0.15, 0.2) is 6.10 Å². The topological polar surface area (TPSA) is 78.9 Å². The maximum atomic E-state index is 12.8. The second kappa shape index (κ2) is 57.2. The molecular formula is C63H108O6. The van der Waals surface area contributed by atoms with Crippen LogP contribution >= 0.6 is 0 Å². The Hall–Kier alpha value is -3.41. The van der Waals surface area contributed by atoms with E-state index in [0.717, 1.165) is 109 Å². The molecule has 6 nitrogen and oxygen atoms in total. The summed E-state index contributed by atoms with van der Waals surface area (Å²) in [5.74, 6) is -0.895. The van der Waals surface area contributed by atoms with E-state index in [2.05, 4.69) is 106 Å². The van der Waals surface area contributed by atoms with Gasteiger partial charge in [-0.3, -0.25) is 14.4 Å². The summed E-state index contributed by atoms with van der Waals surface area (Å²) in [5, 5.41) is 0. The lowest BCUT2D eigenvalue weighted by molar-refractivity contribution is -0.167. The predicted octanol–water partition coefficient (Wildman–Crippen LogP) is 19.5. The van der Waals surface area contributed by atoms with E-state index in [1.807, 2.05) is 0 Å². The van der Waals surface area contributed by atoms with Crippen molar-refractivity contribution in [3.63, 3.8) is 0 Å². The second-order valence-corrected chi connectivity index (χ2v) is 19.2. The smallest absolute Gasteiger partial charge is 0.306 e. The largest absolute Gasteiger partial charge is 0.462 e. The lowest BCUT2D eigenvalue weighted by Crippen LogP contribution is -2.30. The van der Waals surface area contributed by atoms with Crippen LogP contribution in [0.1, 0.15) is 278 Å². The van der Waals surface area contributed by atoms with Gasteiger partial charge in [0, 0.05) is 19.3 Å². The van der Waals surface area contributed by atoms with E-state index in [9.17, 15) is 14.4 Å². The average Bonchev–Trinajstić information content (AvgIpc) is 3.35. The monoisotopic (exact) mass is 961 g/mol. The first-order valence-corrected chi connectivity index (χ1v) is 29.1. The number of unbranched alkanes of at least 4 members (excludes halogenated alkanes) is 27. The molecule has 0 aliphatic rings. The van der Waals surface area contributed by atoms with Crippen LogP contribution in [0, 0.1) is 0 Å². The third-order valence-electron chi connectivity index (χ3n) is 12.4. The van der Waals surface area contributed by atoms with Crippen molar-refractivity contribution in [3.8, 4) is 0 Å². The van der Waals surface area contributed by atoms with Crippen molar-refractivity contribution in [2.75, 3.05) is 13.2 Å². The molecule has 396 valence electrons. The Morgan fingerprint density at radius 1 is 0.304 bits per heavy atom. The highest BCUT2D eigenvalue weighted by molar-refractivity contribution is 5.71. The second-order valence-electron chi connectivity index (χ2n) is 19.2. The first-order chi connectivity index (χ1) is 34.0. The highest BCUT2D eigenvalue weighted by Crippen LogP contribution is 2.15. The molecule has 0 rings (SSSR count). The van der Waals surface area contributed by atoms with Gasteiger partial charge in [0.2, 0.25) is 0 Å². The van der Waals surface area contributed by atoms with Crippen molar-refractivity contribution >= 4 is 17.9 Å². The third-order valence-corrected chi connectivity index (χ3v) is 12.4. The fourth-order valence-electron chi connectivity index (χ4n) is 8.03. The minimum absolute atomic E-state index is 0.0815.